The van der Waals surface area contributed by atoms with E-state index in [9.17, 15) is 0 Å². The van der Waals surface area contributed by atoms with Gasteiger partial charge in [0.05, 0.1) is 0 Å². The molecule has 2 rings (SSSR count). The van der Waals surface area contributed by atoms with Crippen LogP contribution in [-0.2, 0) is 6.42 Å². The third-order valence-electron chi connectivity index (χ3n) is 4.48. The van der Waals surface area contributed by atoms with Gasteiger partial charge in [0.2, 0.25) is 0 Å². The Hall–Kier alpha value is -0.930. The summed E-state index contributed by atoms with van der Waals surface area (Å²) in [5.41, 5.74) is 1.34. The van der Waals surface area contributed by atoms with Gasteiger partial charge in [0.15, 0.2) is 0 Å². The zero-order valence-electron chi connectivity index (χ0n) is 11.8. The number of likely N-dealkylation sites (tertiary alicyclic amines) is 1. The maximum Gasteiger partial charge on any atom is 0.0300 e. The van der Waals surface area contributed by atoms with Crippen molar-refractivity contribution in [3.8, 4) is 0 Å². The van der Waals surface area contributed by atoms with Crippen molar-refractivity contribution in [2.75, 3.05) is 20.1 Å². The van der Waals surface area contributed by atoms with Crippen molar-refractivity contribution in [3.05, 3.63) is 30.1 Å². The summed E-state index contributed by atoms with van der Waals surface area (Å²) in [5, 5.41) is 3.44. The maximum atomic E-state index is 4.18. The second kappa shape index (κ2) is 6.30. The molecule has 1 saturated heterocycles. The van der Waals surface area contributed by atoms with Crippen LogP contribution >= 0.6 is 0 Å². The molecule has 1 aromatic heterocycles. The number of nitrogens with one attached hydrogen (secondary N) is 1. The van der Waals surface area contributed by atoms with Gasteiger partial charge in [-0.2, -0.15) is 0 Å². The van der Waals surface area contributed by atoms with Crippen LogP contribution in [0.5, 0.6) is 0 Å². The smallest absolute Gasteiger partial charge is 0.0300 e. The quantitative estimate of drug-likeness (QED) is 0.881. The van der Waals surface area contributed by atoms with Crippen molar-refractivity contribution in [1.29, 1.82) is 0 Å². The lowest BCUT2D eigenvalue weighted by atomic mass is 9.87. The molecular formula is C15H25N3. The number of hydrogen-bond acceptors (Lipinski definition) is 3. The molecule has 0 saturated carbocycles. The van der Waals surface area contributed by atoms with E-state index in [4.69, 9.17) is 0 Å². The second-order valence-electron chi connectivity index (χ2n) is 5.43. The topological polar surface area (TPSA) is 28.2 Å². The first kappa shape index (κ1) is 13.5. The standard InChI is InChI=1S/C15H25N3/c1-12-13(2)18(10-7-15(12)16-3)9-6-14-5-4-8-17-11-14/h4-5,8,11-13,15-16H,6-7,9-10H2,1-3H3. The van der Waals surface area contributed by atoms with E-state index in [1.165, 1.54) is 18.5 Å². The van der Waals surface area contributed by atoms with Crippen LogP contribution in [0.4, 0.5) is 0 Å². The first-order valence-electron chi connectivity index (χ1n) is 7.02. The number of piperidine rings is 1. The Balaban J connectivity index is 1.87. The zero-order chi connectivity index (χ0) is 13.0. The lowest BCUT2D eigenvalue weighted by Crippen LogP contribution is -2.53. The Morgan fingerprint density at radius 3 is 2.94 bits per heavy atom. The first-order chi connectivity index (χ1) is 8.72. The minimum absolute atomic E-state index is 0.660. The van der Waals surface area contributed by atoms with Crippen molar-refractivity contribution in [2.45, 2.75) is 38.8 Å². The summed E-state index contributed by atoms with van der Waals surface area (Å²) >= 11 is 0. The molecule has 3 atom stereocenters. The van der Waals surface area contributed by atoms with E-state index < -0.39 is 0 Å². The number of aromatic nitrogens is 1. The molecule has 1 aliphatic heterocycles. The Morgan fingerprint density at radius 2 is 2.28 bits per heavy atom. The second-order valence-corrected chi connectivity index (χ2v) is 5.43. The molecular weight excluding hydrogens is 222 g/mol. The first-order valence-corrected chi connectivity index (χ1v) is 7.02. The number of hydrogen-bond donors (Lipinski definition) is 1. The Morgan fingerprint density at radius 1 is 1.44 bits per heavy atom. The van der Waals surface area contributed by atoms with Crippen molar-refractivity contribution >= 4 is 0 Å². The fourth-order valence-electron chi connectivity index (χ4n) is 2.98. The third-order valence-corrected chi connectivity index (χ3v) is 4.48. The van der Waals surface area contributed by atoms with E-state index in [-0.39, 0.29) is 0 Å². The number of rotatable bonds is 4. The van der Waals surface area contributed by atoms with Crippen molar-refractivity contribution in [1.82, 2.24) is 15.2 Å². The van der Waals surface area contributed by atoms with Crippen LogP contribution in [0, 0.1) is 5.92 Å². The monoisotopic (exact) mass is 247 g/mol. The van der Waals surface area contributed by atoms with Crippen LogP contribution in [0.1, 0.15) is 25.8 Å². The van der Waals surface area contributed by atoms with Crippen LogP contribution < -0.4 is 5.32 Å². The van der Waals surface area contributed by atoms with Gasteiger partial charge in [0, 0.05) is 31.0 Å². The zero-order valence-corrected chi connectivity index (χ0v) is 11.8. The van der Waals surface area contributed by atoms with E-state index in [1.54, 1.807) is 0 Å². The van der Waals surface area contributed by atoms with Crippen LogP contribution in [0.15, 0.2) is 24.5 Å². The normalized spacial score (nSPS) is 29.4. The van der Waals surface area contributed by atoms with Gasteiger partial charge in [-0.3, -0.25) is 9.88 Å². The molecule has 1 fully saturated rings. The summed E-state index contributed by atoms with van der Waals surface area (Å²) in [5.74, 6) is 0.720. The molecule has 1 aromatic rings. The van der Waals surface area contributed by atoms with Gasteiger partial charge in [0.1, 0.15) is 0 Å². The minimum atomic E-state index is 0.660. The molecule has 2 heterocycles. The molecule has 1 N–H and O–H groups in total. The average Bonchev–Trinajstić information content (AvgIpc) is 2.42. The molecule has 0 aliphatic carbocycles. The fraction of sp³-hybridized carbons (Fsp3) is 0.667. The van der Waals surface area contributed by atoms with Gasteiger partial charge < -0.3 is 5.32 Å². The van der Waals surface area contributed by atoms with Gasteiger partial charge >= 0.3 is 0 Å². The summed E-state index contributed by atoms with van der Waals surface area (Å²) in [6.45, 7) is 7.07. The summed E-state index contributed by atoms with van der Waals surface area (Å²) in [4.78, 5) is 6.80. The fourth-order valence-corrected chi connectivity index (χ4v) is 2.98. The highest BCUT2D eigenvalue weighted by molar-refractivity contribution is 5.09. The van der Waals surface area contributed by atoms with Crippen LogP contribution in [-0.4, -0.2) is 42.1 Å². The number of nitrogens with zero attached hydrogens (tertiary/aromatic N) is 2. The van der Waals surface area contributed by atoms with E-state index in [2.05, 4.69) is 42.2 Å². The van der Waals surface area contributed by atoms with Crippen molar-refractivity contribution < 1.29 is 0 Å². The lowest BCUT2D eigenvalue weighted by Gasteiger charge is -2.42. The molecule has 0 spiro atoms. The molecule has 0 amide bonds. The van der Waals surface area contributed by atoms with Gasteiger partial charge in [-0.05, 0) is 50.9 Å². The average molecular weight is 247 g/mol. The van der Waals surface area contributed by atoms with Gasteiger partial charge in [0.25, 0.3) is 0 Å². The van der Waals surface area contributed by atoms with Gasteiger partial charge in [-0.25, -0.2) is 0 Å². The van der Waals surface area contributed by atoms with E-state index >= 15 is 0 Å². The predicted octanol–water partition coefficient (Wildman–Crippen LogP) is 1.94. The van der Waals surface area contributed by atoms with Crippen molar-refractivity contribution in [3.63, 3.8) is 0 Å². The summed E-state index contributed by atoms with van der Waals surface area (Å²) in [6.07, 6.45) is 6.19. The van der Waals surface area contributed by atoms with Gasteiger partial charge in [-0.15, -0.1) is 0 Å². The molecule has 0 radical (unpaired) electrons. The van der Waals surface area contributed by atoms with Crippen LogP contribution in [0.2, 0.25) is 0 Å². The minimum Gasteiger partial charge on any atom is -0.317 e. The molecule has 3 unspecified atom stereocenters. The molecule has 18 heavy (non-hydrogen) atoms. The predicted molar refractivity (Wildman–Crippen MR) is 75.6 cm³/mol. The maximum absolute atomic E-state index is 4.18. The Labute approximate surface area is 111 Å². The van der Waals surface area contributed by atoms with E-state index in [1.807, 2.05) is 18.5 Å². The van der Waals surface area contributed by atoms with Gasteiger partial charge in [-0.1, -0.05) is 13.0 Å². The Bertz CT molecular complexity index is 352. The van der Waals surface area contributed by atoms with Crippen LogP contribution in [0.3, 0.4) is 0 Å². The largest absolute Gasteiger partial charge is 0.317 e. The molecule has 100 valence electrons. The SMILES string of the molecule is CNC1CCN(CCc2cccnc2)C(C)C1C. The molecule has 3 nitrogen and oxygen atoms in total. The van der Waals surface area contributed by atoms with E-state index in [0.717, 1.165) is 18.9 Å². The summed E-state index contributed by atoms with van der Waals surface area (Å²) in [6, 6.07) is 5.53. The van der Waals surface area contributed by atoms with Crippen LogP contribution in [0.25, 0.3) is 0 Å². The summed E-state index contributed by atoms with van der Waals surface area (Å²) < 4.78 is 0. The summed E-state index contributed by atoms with van der Waals surface area (Å²) in [7, 11) is 2.08. The molecule has 3 heteroatoms. The molecule has 0 bridgehead atoms. The lowest BCUT2D eigenvalue weighted by molar-refractivity contribution is 0.0889. The Kier molecular flexibility index (Phi) is 4.72. The highest BCUT2D eigenvalue weighted by Gasteiger charge is 2.30. The molecule has 0 aromatic carbocycles. The van der Waals surface area contributed by atoms with Crippen molar-refractivity contribution in [2.24, 2.45) is 5.92 Å². The molecule has 1 aliphatic rings. The number of pyridine rings is 1. The highest BCUT2D eigenvalue weighted by atomic mass is 15.2. The highest BCUT2D eigenvalue weighted by Crippen LogP contribution is 2.23. The third kappa shape index (κ3) is 3.09. The van der Waals surface area contributed by atoms with E-state index in [0.29, 0.717) is 12.1 Å².